The van der Waals surface area contributed by atoms with E-state index in [1.807, 2.05) is 0 Å². The fourth-order valence-electron chi connectivity index (χ4n) is 4.74. The number of carbonyl (C=O) groups excluding carboxylic acids is 3. The number of carbonyl (C=O) groups is 3. The third kappa shape index (κ3) is 3.93. The van der Waals surface area contributed by atoms with Crippen LogP contribution in [-0.2, 0) is 9.59 Å². The van der Waals surface area contributed by atoms with Gasteiger partial charge in [-0.2, -0.15) is 0 Å². The minimum Gasteiger partial charge on any atom is -0.497 e. The summed E-state index contributed by atoms with van der Waals surface area (Å²) in [6, 6.07) is 16.8. The first-order chi connectivity index (χ1) is 17.3. The Hall–Kier alpha value is -3.40. The molecule has 0 aromatic heterocycles. The second-order valence-corrected chi connectivity index (χ2v) is 9.66. The summed E-state index contributed by atoms with van der Waals surface area (Å²) in [6.45, 7) is 0. The van der Waals surface area contributed by atoms with Gasteiger partial charge in [0.05, 0.1) is 36.9 Å². The van der Waals surface area contributed by atoms with E-state index in [4.69, 9.17) is 21.1 Å². The van der Waals surface area contributed by atoms with E-state index in [1.54, 1.807) is 66.7 Å². The van der Waals surface area contributed by atoms with Crippen molar-refractivity contribution in [3.05, 3.63) is 87.4 Å². The Bertz CT molecular complexity index is 1380. The van der Waals surface area contributed by atoms with Crippen LogP contribution in [0, 0.1) is 5.92 Å². The predicted molar refractivity (Wildman–Crippen MR) is 137 cm³/mol. The molecule has 2 saturated heterocycles. The first kappa shape index (κ1) is 24.3. The number of methoxy groups -OCH3 is 2. The Morgan fingerprint density at radius 2 is 1.75 bits per heavy atom. The zero-order valence-electron chi connectivity index (χ0n) is 19.3. The highest BCUT2D eigenvalue weighted by molar-refractivity contribution is 9.10. The van der Waals surface area contributed by atoms with Crippen LogP contribution in [0.5, 0.6) is 11.5 Å². The van der Waals surface area contributed by atoms with Gasteiger partial charge < -0.3 is 9.47 Å². The largest absolute Gasteiger partial charge is 0.497 e. The summed E-state index contributed by atoms with van der Waals surface area (Å²) in [7, 11) is 3.05. The summed E-state index contributed by atoms with van der Waals surface area (Å²) in [5.74, 6) is -1.32. The normalized spacial score (nSPS) is 21.1. The maximum atomic E-state index is 13.8. The number of hydrogen-bond acceptors (Lipinski definition) is 6. The average Bonchev–Trinajstić information content (AvgIpc) is 3.40. The van der Waals surface area contributed by atoms with Crippen molar-refractivity contribution in [2.24, 2.45) is 5.92 Å². The average molecular weight is 571 g/mol. The van der Waals surface area contributed by atoms with E-state index in [9.17, 15) is 14.4 Å². The number of hydrazine groups is 1. The third-order valence-electron chi connectivity index (χ3n) is 6.39. The van der Waals surface area contributed by atoms with Crippen molar-refractivity contribution in [3.8, 4) is 11.5 Å². The molecule has 0 unspecified atom stereocenters. The fraction of sp³-hybridized carbons (Fsp3) is 0.192. The molecule has 5 rings (SSSR count). The van der Waals surface area contributed by atoms with Crippen molar-refractivity contribution < 1.29 is 23.9 Å². The number of rotatable bonds is 5. The maximum absolute atomic E-state index is 13.8. The van der Waals surface area contributed by atoms with Crippen LogP contribution in [0.25, 0.3) is 0 Å². The second kappa shape index (κ2) is 9.57. The standard InChI is InChI=1S/C26H21BrClN3O5/c1-35-16-10-11-17(20(13-16)36-2)22-21-23(31(29-22)24(32)14-6-5-7-15(27)12-14)26(34)30(25(21)33)19-9-4-3-8-18(19)28/h3-13,21-23,29H,1-2H3/t21-,22-,23+/m0/s1. The molecule has 10 heteroatoms. The van der Waals surface area contributed by atoms with Crippen molar-refractivity contribution in [1.29, 1.82) is 0 Å². The number of fused-ring (bicyclic) bond motifs is 1. The number of benzene rings is 3. The van der Waals surface area contributed by atoms with Crippen LogP contribution < -0.4 is 19.8 Å². The molecule has 2 aliphatic rings. The van der Waals surface area contributed by atoms with Gasteiger partial charge in [-0.15, -0.1) is 0 Å². The number of para-hydroxylation sites is 1. The Morgan fingerprint density at radius 1 is 0.972 bits per heavy atom. The summed E-state index contributed by atoms with van der Waals surface area (Å²) >= 11 is 9.74. The molecule has 8 nitrogen and oxygen atoms in total. The molecule has 2 heterocycles. The lowest BCUT2D eigenvalue weighted by Crippen LogP contribution is -2.48. The smallest absolute Gasteiger partial charge is 0.268 e. The van der Waals surface area contributed by atoms with Crippen molar-refractivity contribution in [1.82, 2.24) is 10.4 Å². The number of nitrogens with zero attached hydrogens (tertiary/aromatic N) is 2. The summed E-state index contributed by atoms with van der Waals surface area (Å²) in [6.07, 6.45) is 0. The molecule has 3 atom stereocenters. The first-order valence-corrected chi connectivity index (χ1v) is 12.2. The zero-order chi connectivity index (χ0) is 25.6. The van der Waals surface area contributed by atoms with Gasteiger partial charge in [0, 0.05) is 21.7 Å². The lowest BCUT2D eigenvalue weighted by Gasteiger charge is -2.26. The fourth-order valence-corrected chi connectivity index (χ4v) is 5.36. The highest BCUT2D eigenvalue weighted by Gasteiger charge is 2.61. The number of ether oxygens (including phenoxy) is 2. The number of nitrogens with one attached hydrogen (secondary N) is 1. The SMILES string of the molecule is COc1ccc([C@@H]2NN(C(=O)c3cccc(Br)c3)[C@H]3C(=O)N(c4ccccc4Cl)C(=O)[C@@H]23)c(OC)c1. The van der Waals surface area contributed by atoms with Gasteiger partial charge in [0.2, 0.25) is 5.91 Å². The third-order valence-corrected chi connectivity index (χ3v) is 7.21. The minimum absolute atomic E-state index is 0.260. The Labute approximate surface area is 220 Å². The molecule has 36 heavy (non-hydrogen) atoms. The first-order valence-electron chi connectivity index (χ1n) is 11.0. The molecule has 184 valence electrons. The Kier molecular flexibility index (Phi) is 6.46. The van der Waals surface area contributed by atoms with Gasteiger partial charge in [-0.05, 0) is 42.5 Å². The van der Waals surface area contributed by atoms with E-state index >= 15 is 0 Å². The molecule has 0 radical (unpaired) electrons. The van der Waals surface area contributed by atoms with Crippen LogP contribution in [0.2, 0.25) is 5.02 Å². The molecule has 2 aliphatic heterocycles. The number of halogens is 2. The molecule has 0 bridgehead atoms. The molecule has 1 N–H and O–H groups in total. The maximum Gasteiger partial charge on any atom is 0.268 e. The molecule has 3 aromatic carbocycles. The van der Waals surface area contributed by atoms with E-state index in [0.717, 1.165) is 4.90 Å². The van der Waals surface area contributed by atoms with Crippen molar-refractivity contribution in [2.75, 3.05) is 19.1 Å². The van der Waals surface area contributed by atoms with E-state index in [1.165, 1.54) is 19.2 Å². The summed E-state index contributed by atoms with van der Waals surface area (Å²) in [5, 5.41) is 1.51. The lowest BCUT2D eigenvalue weighted by molar-refractivity contribution is -0.123. The second-order valence-electron chi connectivity index (χ2n) is 8.33. The number of hydrogen-bond donors (Lipinski definition) is 1. The molecule has 3 amide bonds. The van der Waals surface area contributed by atoms with Crippen molar-refractivity contribution in [2.45, 2.75) is 12.1 Å². The zero-order valence-corrected chi connectivity index (χ0v) is 21.6. The molecular weight excluding hydrogens is 550 g/mol. The molecular formula is C26H21BrClN3O5. The number of anilines is 1. The summed E-state index contributed by atoms with van der Waals surface area (Å²) in [4.78, 5) is 42.2. The van der Waals surface area contributed by atoms with Crippen LogP contribution in [0.15, 0.2) is 71.2 Å². The summed E-state index contributed by atoms with van der Waals surface area (Å²) < 4.78 is 11.6. The van der Waals surface area contributed by atoms with E-state index in [-0.39, 0.29) is 10.7 Å². The molecule has 0 aliphatic carbocycles. The molecule has 3 aromatic rings. The number of imide groups is 1. The van der Waals surface area contributed by atoms with Gasteiger partial charge in [0.25, 0.3) is 11.8 Å². The van der Waals surface area contributed by atoms with Crippen LogP contribution in [0.3, 0.4) is 0 Å². The monoisotopic (exact) mass is 569 g/mol. The van der Waals surface area contributed by atoms with Gasteiger partial charge >= 0.3 is 0 Å². The van der Waals surface area contributed by atoms with Crippen LogP contribution in [0.4, 0.5) is 5.69 Å². The van der Waals surface area contributed by atoms with E-state index < -0.39 is 35.7 Å². The Morgan fingerprint density at radius 3 is 2.44 bits per heavy atom. The van der Waals surface area contributed by atoms with Crippen molar-refractivity contribution in [3.63, 3.8) is 0 Å². The van der Waals surface area contributed by atoms with Crippen LogP contribution >= 0.6 is 27.5 Å². The van der Waals surface area contributed by atoms with Gasteiger partial charge in [0.1, 0.15) is 17.5 Å². The summed E-state index contributed by atoms with van der Waals surface area (Å²) in [5.41, 5.74) is 4.38. The Balaban J connectivity index is 1.63. The number of amides is 3. The van der Waals surface area contributed by atoms with Crippen molar-refractivity contribution >= 4 is 50.9 Å². The van der Waals surface area contributed by atoms with Gasteiger partial charge in [-0.25, -0.2) is 10.3 Å². The lowest BCUT2D eigenvalue weighted by atomic mass is 9.90. The van der Waals surface area contributed by atoms with Crippen LogP contribution in [-0.4, -0.2) is 43.0 Å². The highest BCUT2D eigenvalue weighted by Crippen LogP contribution is 2.46. The van der Waals surface area contributed by atoms with Gasteiger partial charge in [0.15, 0.2) is 0 Å². The van der Waals surface area contributed by atoms with E-state index in [2.05, 4.69) is 21.4 Å². The topological polar surface area (TPSA) is 88.2 Å². The predicted octanol–water partition coefficient (Wildman–Crippen LogP) is 4.38. The molecule has 2 fully saturated rings. The molecule has 0 saturated carbocycles. The van der Waals surface area contributed by atoms with Gasteiger partial charge in [-0.1, -0.05) is 45.7 Å². The highest BCUT2D eigenvalue weighted by atomic mass is 79.9. The van der Waals surface area contributed by atoms with Gasteiger partial charge in [-0.3, -0.25) is 19.4 Å². The van der Waals surface area contributed by atoms with E-state index in [0.29, 0.717) is 27.1 Å². The minimum atomic E-state index is -1.09. The molecule has 0 spiro atoms. The quantitative estimate of drug-likeness (QED) is 0.458. The van der Waals surface area contributed by atoms with Crippen LogP contribution in [0.1, 0.15) is 22.0 Å².